The molecule has 1 fully saturated rings. The molecule has 132 valence electrons. The van der Waals surface area contributed by atoms with Gasteiger partial charge in [0.25, 0.3) is 0 Å². The Kier molecular flexibility index (Phi) is 5.49. The highest BCUT2D eigenvalue weighted by Crippen LogP contribution is 2.27. The molecule has 3 rings (SSSR count). The van der Waals surface area contributed by atoms with Crippen molar-refractivity contribution in [3.8, 4) is 0 Å². The van der Waals surface area contributed by atoms with Gasteiger partial charge in [-0.2, -0.15) is 0 Å². The molecule has 25 heavy (non-hydrogen) atoms. The maximum atomic E-state index is 11.2. The van der Waals surface area contributed by atoms with Crippen LogP contribution in [-0.4, -0.2) is 55.0 Å². The van der Waals surface area contributed by atoms with Gasteiger partial charge in [0.15, 0.2) is 0 Å². The van der Waals surface area contributed by atoms with E-state index in [4.69, 9.17) is 4.99 Å². The summed E-state index contributed by atoms with van der Waals surface area (Å²) >= 11 is 0. The summed E-state index contributed by atoms with van der Waals surface area (Å²) in [7, 11) is 2.18. The molecular weight excluding hydrogens is 310 g/mol. The lowest BCUT2D eigenvalue weighted by molar-refractivity contribution is 0.112. The van der Waals surface area contributed by atoms with Crippen molar-refractivity contribution in [1.29, 1.82) is 0 Å². The number of nitrogens with zero attached hydrogens (tertiary/aromatic N) is 3. The monoisotopic (exact) mass is 337 g/mol. The van der Waals surface area contributed by atoms with Gasteiger partial charge in [-0.1, -0.05) is 37.3 Å². The number of aliphatic imine (C=N–C) groups is 1. The molecule has 1 saturated heterocycles. The van der Waals surface area contributed by atoms with E-state index in [0.717, 1.165) is 68.0 Å². The first-order valence-electron chi connectivity index (χ1n) is 9.04. The molecule has 1 unspecified atom stereocenters. The fourth-order valence-corrected chi connectivity index (χ4v) is 3.42. The van der Waals surface area contributed by atoms with Gasteiger partial charge in [0.05, 0.1) is 5.71 Å². The van der Waals surface area contributed by atoms with Crippen molar-refractivity contribution < 1.29 is 4.79 Å². The summed E-state index contributed by atoms with van der Waals surface area (Å²) in [6.45, 7) is 10.6. The summed E-state index contributed by atoms with van der Waals surface area (Å²) in [6, 6.07) is 7.71. The van der Waals surface area contributed by atoms with Crippen molar-refractivity contribution in [3.05, 3.63) is 59.4 Å². The number of rotatable bonds is 3. The van der Waals surface area contributed by atoms with Crippen LogP contribution in [0.15, 0.2) is 53.3 Å². The Hall–Kier alpha value is -2.20. The van der Waals surface area contributed by atoms with Gasteiger partial charge < -0.3 is 9.80 Å². The topological polar surface area (TPSA) is 35.9 Å². The van der Waals surface area contributed by atoms with Gasteiger partial charge in [-0.05, 0) is 44.1 Å². The second kappa shape index (κ2) is 7.79. The minimum atomic E-state index is 0.172. The first-order valence-corrected chi connectivity index (χ1v) is 9.04. The first-order chi connectivity index (χ1) is 12.1. The smallest absolute Gasteiger partial charge is 0.150 e. The molecule has 0 aliphatic carbocycles. The average Bonchev–Trinajstić information content (AvgIpc) is 2.93. The van der Waals surface area contributed by atoms with E-state index in [1.807, 2.05) is 24.3 Å². The standard InChI is InChI=1S/C21H27N3O/c1-16-8-9-20(24-11-5-10-23(3)12-13-24)22-21(17(16)2)19-7-4-6-18(14-19)15-25/h4,6-7,9,14-15,17H,1,5,8,10-13H2,2-3H3. The van der Waals surface area contributed by atoms with Crippen LogP contribution in [0.3, 0.4) is 0 Å². The molecule has 0 bridgehead atoms. The third kappa shape index (κ3) is 4.07. The first kappa shape index (κ1) is 17.6. The van der Waals surface area contributed by atoms with Gasteiger partial charge in [0.1, 0.15) is 12.1 Å². The summed E-state index contributed by atoms with van der Waals surface area (Å²) in [5, 5.41) is 0. The SMILES string of the molecule is C=C1CC=C(N2CCCN(C)CC2)N=C(c2cccc(C=O)c2)C1C. The third-order valence-corrected chi connectivity index (χ3v) is 5.17. The molecule has 0 radical (unpaired) electrons. The van der Waals surface area contributed by atoms with Crippen LogP contribution in [0.5, 0.6) is 0 Å². The summed E-state index contributed by atoms with van der Waals surface area (Å²) in [5.41, 5.74) is 3.87. The van der Waals surface area contributed by atoms with Crippen molar-refractivity contribution in [2.45, 2.75) is 19.8 Å². The number of carbonyl (C=O) groups excluding carboxylic acids is 1. The zero-order valence-corrected chi connectivity index (χ0v) is 15.2. The summed E-state index contributed by atoms with van der Waals surface area (Å²) in [5.74, 6) is 1.22. The van der Waals surface area contributed by atoms with E-state index >= 15 is 0 Å². The lowest BCUT2D eigenvalue weighted by atomic mass is 9.90. The van der Waals surface area contributed by atoms with E-state index in [-0.39, 0.29) is 5.92 Å². The lowest BCUT2D eigenvalue weighted by Crippen LogP contribution is -2.28. The van der Waals surface area contributed by atoms with Crippen LogP contribution in [0.25, 0.3) is 0 Å². The van der Waals surface area contributed by atoms with Gasteiger partial charge in [0.2, 0.25) is 0 Å². The molecule has 2 aliphatic heterocycles. The van der Waals surface area contributed by atoms with E-state index < -0.39 is 0 Å². The minimum absolute atomic E-state index is 0.172. The Bertz CT molecular complexity index is 720. The molecular formula is C21H27N3O. The molecule has 1 aromatic rings. The molecule has 1 aromatic carbocycles. The fourth-order valence-electron chi connectivity index (χ4n) is 3.42. The summed E-state index contributed by atoms with van der Waals surface area (Å²) < 4.78 is 0. The van der Waals surface area contributed by atoms with E-state index in [0.29, 0.717) is 5.56 Å². The summed E-state index contributed by atoms with van der Waals surface area (Å²) in [6.07, 6.45) is 5.10. The average molecular weight is 337 g/mol. The molecule has 0 amide bonds. The number of aldehydes is 1. The second-order valence-electron chi connectivity index (χ2n) is 7.03. The van der Waals surface area contributed by atoms with Crippen molar-refractivity contribution >= 4 is 12.0 Å². The zero-order valence-electron chi connectivity index (χ0n) is 15.2. The molecule has 0 N–H and O–H groups in total. The summed E-state index contributed by atoms with van der Waals surface area (Å²) in [4.78, 5) is 21.0. The Morgan fingerprint density at radius 1 is 1.24 bits per heavy atom. The highest BCUT2D eigenvalue weighted by molar-refractivity contribution is 6.05. The van der Waals surface area contributed by atoms with Crippen molar-refractivity contribution in [2.24, 2.45) is 10.9 Å². The van der Waals surface area contributed by atoms with E-state index in [1.165, 1.54) is 0 Å². The van der Waals surface area contributed by atoms with Gasteiger partial charge in [-0.3, -0.25) is 4.79 Å². The molecule has 2 aliphatic rings. The van der Waals surface area contributed by atoms with Crippen LogP contribution in [0.4, 0.5) is 0 Å². The molecule has 4 heteroatoms. The predicted octanol–water partition coefficient (Wildman–Crippen LogP) is 3.36. The Balaban J connectivity index is 1.96. The molecule has 0 spiro atoms. The van der Waals surface area contributed by atoms with Crippen LogP contribution in [-0.2, 0) is 0 Å². The Labute approximate surface area is 150 Å². The number of hydrogen-bond acceptors (Lipinski definition) is 4. The van der Waals surface area contributed by atoms with Gasteiger partial charge in [-0.15, -0.1) is 0 Å². The fraction of sp³-hybridized carbons (Fsp3) is 0.429. The number of allylic oxidation sites excluding steroid dienone is 2. The zero-order chi connectivity index (χ0) is 17.8. The van der Waals surface area contributed by atoms with Crippen LogP contribution >= 0.6 is 0 Å². The number of likely N-dealkylation sites (N-methyl/N-ethyl adjacent to an activating group) is 1. The van der Waals surface area contributed by atoms with Gasteiger partial charge >= 0.3 is 0 Å². The normalized spacial score (nSPS) is 22.7. The second-order valence-corrected chi connectivity index (χ2v) is 7.03. The largest absolute Gasteiger partial charge is 0.356 e. The highest BCUT2D eigenvalue weighted by atomic mass is 16.1. The van der Waals surface area contributed by atoms with Gasteiger partial charge in [-0.25, -0.2) is 4.99 Å². The predicted molar refractivity (Wildman–Crippen MR) is 103 cm³/mol. The van der Waals surface area contributed by atoms with Crippen molar-refractivity contribution in [3.63, 3.8) is 0 Å². The Morgan fingerprint density at radius 3 is 2.88 bits per heavy atom. The highest BCUT2D eigenvalue weighted by Gasteiger charge is 2.22. The van der Waals surface area contributed by atoms with Gasteiger partial charge in [0, 0.05) is 31.1 Å². The van der Waals surface area contributed by atoms with E-state index in [9.17, 15) is 4.79 Å². The molecule has 1 atom stereocenters. The molecule has 2 heterocycles. The molecule has 4 nitrogen and oxygen atoms in total. The van der Waals surface area contributed by atoms with Crippen LogP contribution in [0, 0.1) is 5.92 Å². The minimum Gasteiger partial charge on any atom is -0.356 e. The number of hydrogen-bond donors (Lipinski definition) is 0. The number of benzene rings is 1. The van der Waals surface area contributed by atoms with E-state index in [2.05, 4.69) is 36.4 Å². The molecule has 0 saturated carbocycles. The van der Waals surface area contributed by atoms with Crippen LogP contribution in [0.2, 0.25) is 0 Å². The lowest BCUT2D eigenvalue weighted by Gasteiger charge is -2.23. The Morgan fingerprint density at radius 2 is 2.08 bits per heavy atom. The quantitative estimate of drug-likeness (QED) is 0.627. The maximum Gasteiger partial charge on any atom is 0.150 e. The maximum absolute atomic E-state index is 11.2. The number of carbonyl (C=O) groups is 1. The van der Waals surface area contributed by atoms with Crippen LogP contribution in [0.1, 0.15) is 35.7 Å². The van der Waals surface area contributed by atoms with Crippen molar-refractivity contribution in [2.75, 3.05) is 33.2 Å². The third-order valence-electron chi connectivity index (χ3n) is 5.17. The van der Waals surface area contributed by atoms with Crippen LogP contribution < -0.4 is 0 Å². The molecule has 0 aromatic heterocycles. The van der Waals surface area contributed by atoms with Crippen molar-refractivity contribution in [1.82, 2.24) is 9.80 Å². The van der Waals surface area contributed by atoms with E-state index in [1.54, 1.807) is 0 Å².